The third kappa shape index (κ3) is 2.68. The van der Waals surface area contributed by atoms with Gasteiger partial charge < -0.3 is 0 Å². The maximum atomic E-state index is 12.7. The van der Waals surface area contributed by atoms with Crippen molar-refractivity contribution in [3.8, 4) is 22.3 Å². The maximum Gasteiger partial charge on any atom is 0.348 e. The second-order valence-corrected chi connectivity index (χ2v) is 8.01. The van der Waals surface area contributed by atoms with Crippen molar-refractivity contribution in [2.45, 2.75) is 6.54 Å². The van der Waals surface area contributed by atoms with Gasteiger partial charge >= 0.3 is 5.69 Å². The average molecular weight is 412 g/mol. The molecule has 0 N–H and O–H groups in total. The van der Waals surface area contributed by atoms with Gasteiger partial charge in [0.25, 0.3) is 0 Å². The zero-order valence-corrected chi connectivity index (χ0v) is 17.5. The van der Waals surface area contributed by atoms with Crippen LogP contribution >= 0.6 is 0 Å². The van der Waals surface area contributed by atoms with E-state index in [1.54, 1.807) is 10.6 Å². The third-order valence-electron chi connectivity index (χ3n) is 6.20. The molecule has 5 aromatic carbocycles. The Morgan fingerprint density at radius 3 is 1.94 bits per heavy atom. The molecule has 0 aliphatic carbocycles. The summed E-state index contributed by atoms with van der Waals surface area (Å²) in [6, 6.07) is 31.5. The molecule has 0 fully saturated rings. The van der Waals surface area contributed by atoms with Crippen LogP contribution < -0.4 is 5.69 Å². The van der Waals surface area contributed by atoms with Crippen LogP contribution in [0.3, 0.4) is 0 Å². The predicted octanol–water partition coefficient (Wildman–Crippen LogP) is 6.66. The minimum Gasteiger partial charge on any atom is -0.288 e. The molecule has 1 aromatic heterocycles. The van der Waals surface area contributed by atoms with Crippen LogP contribution in [0, 0.1) is 0 Å². The molecule has 0 radical (unpaired) electrons. The fraction of sp³-hybridized carbons (Fsp3) is 0.0345. The van der Waals surface area contributed by atoms with Crippen molar-refractivity contribution in [3.05, 3.63) is 114 Å². The summed E-state index contributed by atoms with van der Waals surface area (Å²) in [5.74, 6) is 0. The second-order valence-electron chi connectivity index (χ2n) is 8.01. The highest BCUT2D eigenvalue weighted by atomic mass is 16.1. The van der Waals surface area contributed by atoms with Crippen LogP contribution in [0.4, 0.5) is 0 Å². The summed E-state index contributed by atoms with van der Waals surface area (Å²) in [5.41, 5.74) is 6.05. The van der Waals surface area contributed by atoms with Gasteiger partial charge in [0.15, 0.2) is 0 Å². The fourth-order valence-electron chi connectivity index (χ4n) is 4.81. The molecule has 0 atom stereocenters. The van der Waals surface area contributed by atoms with Crippen molar-refractivity contribution < 1.29 is 0 Å². The van der Waals surface area contributed by atoms with E-state index in [9.17, 15) is 4.79 Å². The summed E-state index contributed by atoms with van der Waals surface area (Å²) < 4.78 is 1.70. The molecule has 6 aromatic rings. The van der Waals surface area contributed by atoms with Gasteiger partial charge in [0, 0.05) is 17.3 Å². The Labute approximate surface area is 185 Å². The first kappa shape index (κ1) is 18.5. The number of aromatic nitrogens is 2. The molecule has 0 unspecified atom stereocenters. The molecule has 0 bridgehead atoms. The minimum atomic E-state index is -0.248. The first-order valence-corrected chi connectivity index (χ1v) is 10.7. The molecular weight excluding hydrogens is 392 g/mol. The Kier molecular flexibility index (Phi) is 4.15. The van der Waals surface area contributed by atoms with Crippen molar-refractivity contribution in [1.82, 2.24) is 9.55 Å². The van der Waals surface area contributed by atoms with Crippen LogP contribution in [0.5, 0.6) is 0 Å². The van der Waals surface area contributed by atoms with Gasteiger partial charge in [-0.3, -0.25) is 4.57 Å². The lowest BCUT2D eigenvalue weighted by Gasteiger charge is -2.19. The van der Waals surface area contributed by atoms with E-state index in [0.717, 1.165) is 32.6 Å². The fourth-order valence-corrected chi connectivity index (χ4v) is 4.81. The summed E-state index contributed by atoms with van der Waals surface area (Å²) in [6.07, 6.45) is 1.74. The van der Waals surface area contributed by atoms with Gasteiger partial charge in [-0.25, -0.2) is 4.79 Å². The zero-order chi connectivity index (χ0) is 21.7. The molecule has 0 amide bonds. The largest absolute Gasteiger partial charge is 0.348 e. The lowest BCUT2D eigenvalue weighted by atomic mass is 9.87. The van der Waals surface area contributed by atoms with Crippen molar-refractivity contribution in [3.63, 3.8) is 0 Å². The Hall–Kier alpha value is -4.24. The summed E-state index contributed by atoms with van der Waals surface area (Å²) in [5, 5.41) is 4.49. The molecule has 6 rings (SSSR count). The van der Waals surface area contributed by atoms with Crippen LogP contribution in [0.1, 0.15) is 0 Å². The number of allylic oxidation sites excluding steroid dienone is 1. The Morgan fingerprint density at radius 2 is 1.34 bits per heavy atom. The zero-order valence-electron chi connectivity index (χ0n) is 17.5. The highest BCUT2D eigenvalue weighted by Crippen LogP contribution is 2.43. The minimum absolute atomic E-state index is 0.248. The van der Waals surface area contributed by atoms with Gasteiger partial charge in [0.2, 0.25) is 0 Å². The summed E-state index contributed by atoms with van der Waals surface area (Å²) in [6.45, 7) is 4.25. The first-order chi connectivity index (χ1) is 15.8. The van der Waals surface area contributed by atoms with Gasteiger partial charge in [-0.1, -0.05) is 78.9 Å². The third-order valence-corrected chi connectivity index (χ3v) is 6.20. The second kappa shape index (κ2) is 7.17. The summed E-state index contributed by atoms with van der Waals surface area (Å²) >= 11 is 0. The predicted molar refractivity (Wildman–Crippen MR) is 133 cm³/mol. The van der Waals surface area contributed by atoms with E-state index in [1.807, 2.05) is 24.3 Å². The van der Waals surface area contributed by atoms with E-state index >= 15 is 0 Å². The van der Waals surface area contributed by atoms with Crippen molar-refractivity contribution in [1.29, 1.82) is 0 Å². The van der Waals surface area contributed by atoms with Crippen molar-refractivity contribution in [2.75, 3.05) is 0 Å². The van der Waals surface area contributed by atoms with E-state index in [2.05, 4.69) is 78.3 Å². The molecule has 1 heterocycles. The normalized spacial score (nSPS) is 11.5. The van der Waals surface area contributed by atoms with Crippen LogP contribution in [0.25, 0.3) is 54.8 Å². The highest BCUT2D eigenvalue weighted by Gasteiger charge is 2.18. The molecule has 0 spiro atoms. The molecule has 32 heavy (non-hydrogen) atoms. The molecule has 3 heteroatoms. The number of hydrogen-bond donors (Lipinski definition) is 0. The summed E-state index contributed by atoms with van der Waals surface area (Å²) in [7, 11) is 0. The Morgan fingerprint density at radius 1 is 0.750 bits per heavy atom. The van der Waals surface area contributed by atoms with E-state index in [-0.39, 0.29) is 5.69 Å². The number of rotatable bonds is 4. The number of benzene rings is 5. The van der Waals surface area contributed by atoms with Crippen LogP contribution in [-0.2, 0) is 6.54 Å². The SMILES string of the molecule is C=CCn1c(=O)nc2ccc3c(-c4ccccc4)cc(-c4ccccc4)c4ccc1c2c34. The lowest BCUT2D eigenvalue weighted by molar-refractivity contribution is 0.787. The molecular formula is C29H20N2O. The standard InChI is InChI=1S/C29H20N2O/c1-2-17-31-26-16-14-22-24(20-11-7-4-8-12-20)18-23(19-9-5-3-6-10-19)21-13-15-25(30-29(31)32)28(26)27(21)22/h2-16,18H,1,17H2. The van der Waals surface area contributed by atoms with Gasteiger partial charge in [-0.05, 0) is 51.2 Å². The average Bonchev–Trinajstić information content (AvgIpc) is 2.85. The number of hydrogen-bond acceptors (Lipinski definition) is 2. The van der Waals surface area contributed by atoms with Gasteiger partial charge in [-0.15, -0.1) is 6.58 Å². The molecule has 152 valence electrons. The Balaban J connectivity index is 1.86. The number of nitrogens with zero attached hydrogens (tertiary/aromatic N) is 2. The first-order valence-electron chi connectivity index (χ1n) is 10.7. The summed E-state index contributed by atoms with van der Waals surface area (Å²) in [4.78, 5) is 17.1. The lowest BCUT2D eigenvalue weighted by Crippen LogP contribution is -2.22. The quantitative estimate of drug-likeness (QED) is 0.240. The van der Waals surface area contributed by atoms with Crippen molar-refractivity contribution >= 4 is 32.6 Å². The van der Waals surface area contributed by atoms with Crippen LogP contribution in [0.15, 0.2) is 108 Å². The monoisotopic (exact) mass is 412 g/mol. The maximum absolute atomic E-state index is 12.7. The van der Waals surface area contributed by atoms with Gasteiger partial charge in [0.05, 0.1) is 11.0 Å². The van der Waals surface area contributed by atoms with Gasteiger partial charge in [0.1, 0.15) is 0 Å². The molecule has 0 aliphatic heterocycles. The molecule has 3 nitrogen and oxygen atoms in total. The topological polar surface area (TPSA) is 34.9 Å². The van der Waals surface area contributed by atoms with E-state index in [0.29, 0.717) is 6.54 Å². The van der Waals surface area contributed by atoms with Crippen LogP contribution in [-0.4, -0.2) is 9.55 Å². The molecule has 0 aliphatic rings. The molecule has 0 saturated carbocycles. The highest BCUT2D eigenvalue weighted by molar-refractivity contribution is 6.27. The van der Waals surface area contributed by atoms with E-state index in [1.165, 1.54) is 22.3 Å². The van der Waals surface area contributed by atoms with Gasteiger partial charge in [-0.2, -0.15) is 4.98 Å². The van der Waals surface area contributed by atoms with E-state index in [4.69, 9.17) is 0 Å². The van der Waals surface area contributed by atoms with Crippen LogP contribution in [0.2, 0.25) is 0 Å². The van der Waals surface area contributed by atoms with E-state index < -0.39 is 0 Å². The molecule has 0 saturated heterocycles. The Bertz CT molecular complexity index is 1610. The smallest absolute Gasteiger partial charge is 0.288 e. The van der Waals surface area contributed by atoms with Crippen molar-refractivity contribution in [2.24, 2.45) is 0 Å².